The van der Waals surface area contributed by atoms with Crippen molar-refractivity contribution in [2.24, 2.45) is 0 Å². The Kier molecular flexibility index (Phi) is 1.66. The quantitative estimate of drug-likeness (QED) is 0.568. The Morgan fingerprint density at radius 3 is 2.80 bits per heavy atom. The highest BCUT2D eigenvalue weighted by atomic mass is 15.2. The molecular weight excluding hydrogens is 124 g/mol. The molecule has 1 atom stereocenters. The topological polar surface area (TPSA) is 15.3 Å². The summed E-state index contributed by atoms with van der Waals surface area (Å²) < 4.78 is 0. The maximum absolute atomic E-state index is 3.45. The van der Waals surface area contributed by atoms with Crippen LogP contribution in [0.1, 0.15) is 19.8 Å². The van der Waals surface area contributed by atoms with Crippen LogP contribution in [0, 0.1) is 0 Å². The smallest absolute Gasteiger partial charge is 0.0167 e. The first kappa shape index (κ1) is 6.62. The number of piperazine rings is 1. The first-order valence-corrected chi connectivity index (χ1v) is 4.33. The lowest BCUT2D eigenvalue weighted by Crippen LogP contribution is -2.49. The summed E-state index contributed by atoms with van der Waals surface area (Å²) in [7, 11) is 0. The van der Waals surface area contributed by atoms with Crippen molar-refractivity contribution in [3.8, 4) is 0 Å². The van der Waals surface area contributed by atoms with Crippen LogP contribution in [0.25, 0.3) is 0 Å². The number of rotatable bonds is 1. The minimum absolute atomic E-state index is 0.717. The maximum atomic E-state index is 3.45. The van der Waals surface area contributed by atoms with Crippen molar-refractivity contribution >= 4 is 0 Å². The van der Waals surface area contributed by atoms with Gasteiger partial charge in [-0.05, 0) is 19.8 Å². The predicted molar refractivity (Wildman–Crippen MR) is 42.1 cm³/mol. The predicted octanol–water partition coefficient (Wildman–Crippen LogP) is 0.442. The normalized spacial score (nSPS) is 36.3. The Morgan fingerprint density at radius 2 is 2.20 bits per heavy atom. The molecule has 0 spiro atoms. The van der Waals surface area contributed by atoms with Crippen molar-refractivity contribution in [3.63, 3.8) is 0 Å². The SMILES string of the molecule is CC1CN(C2CC2)CCN1. The Balaban J connectivity index is 1.84. The minimum Gasteiger partial charge on any atom is -0.312 e. The summed E-state index contributed by atoms with van der Waals surface area (Å²) in [5.41, 5.74) is 0. The van der Waals surface area contributed by atoms with Crippen LogP contribution in [0.4, 0.5) is 0 Å². The Bertz CT molecular complexity index is 120. The average molecular weight is 140 g/mol. The molecule has 2 fully saturated rings. The molecule has 2 aliphatic rings. The van der Waals surface area contributed by atoms with Crippen molar-refractivity contribution < 1.29 is 0 Å². The van der Waals surface area contributed by atoms with E-state index in [1.807, 2.05) is 0 Å². The summed E-state index contributed by atoms with van der Waals surface area (Å²) in [6.45, 7) is 6.01. The second-order valence-electron chi connectivity index (χ2n) is 3.58. The van der Waals surface area contributed by atoms with E-state index in [-0.39, 0.29) is 0 Å². The molecule has 1 saturated heterocycles. The first-order chi connectivity index (χ1) is 4.86. The molecule has 58 valence electrons. The van der Waals surface area contributed by atoms with Crippen LogP contribution in [-0.2, 0) is 0 Å². The fourth-order valence-electron chi connectivity index (χ4n) is 1.73. The van der Waals surface area contributed by atoms with Crippen molar-refractivity contribution in [1.29, 1.82) is 0 Å². The van der Waals surface area contributed by atoms with Crippen molar-refractivity contribution in [1.82, 2.24) is 10.2 Å². The average Bonchev–Trinajstić information content (AvgIpc) is 2.68. The summed E-state index contributed by atoms with van der Waals surface area (Å²) >= 11 is 0. The molecule has 0 aromatic carbocycles. The second kappa shape index (κ2) is 2.51. The number of nitrogens with zero attached hydrogens (tertiary/aromatic N) is 1. The van der Waals surface area contributed by atoms with Crippen molar-refractivity contribution in [2.45, 2.75) is 31.8 Å². The fraction of sp³-hybridized carbons (Fsp3) is 1.00. The highest BCUT2D eigenvalue weighted by Crippen LogP contribution is 2.27. The number of nitrogens with one attached hydrogen (secondary N) is 1. The van der Waals surface area contributed by atoms with Crippen LogP contribution < -0.4 is 5.32 Å². The summed E-state index contributed by atoms with van der Waals surface area (Å²) in [5.74, 6) is 0. The molecule has 0 aromatic rings. The van der Waals surface area contributed by atoms with E-state index in [4.69, 9.17) is 0 Å². The van der Waals surface area contributed by atoms with Crippen LogP contribution in [0.3, 0.4) is 0 Å². The molecule has 0 bridgehead atoms. The van der Waals surface area contributed by atoms with Gasteiger partial charge in [0.05, 0.1) is 0 Å². The zero-order chi connectivity index (χ0) is 6.97. The summed E-state index contributed by atoms with van der Waals surface area (Å²) in [6.07, 6.45) is 2.90. The fourth-order valence-corrected chi connectivity index (χ4v) is 1.73. The molecule has 1 aliphatic heterocycles. The van der Waals surface area contributed by atoms with Crippen LogP contribution >= 0.6 is 0 Å². The second-order valence-corrected chi connectivity index (χ2v) is 3.58. The van der Waals surface area contributed by atoms with Crippen molar-refractivity contribution in [2.75, 3.05) is 19.6 Å². The van der Waals surface area contributed by atoms with Crippen LogP contribution in [0.15, 0.2) is 0 Å². The van der Waals surface area contributed by atoms with Gasteiger partial charge in [-0.1, -0.05) is 0 Å². The summed E-state index contributed by atoms with van der Waals surface area (Å²) in [5, 5.41) is 3.45. The lowest BCUT2D eigenvalue weighted by atomic mass is 10.2. The third-order valence-corrected chi connectivity index (χ3v) is 2.46. The molecule has 1 heterocycles. The molecule has 0 radical (unpaired) electrons. The molecule has 2 heteroatoms. The Labute approximate surface area is 62.6 Å². The van der Waals surface area contributed by atoms with Gasteiger partial charge in [-0.15, -0.1) is 0 Å². The standard InChI is InChI=1S/C8H16N2/c1-7-6-10(5-4-9-7)8-2-3-8/h7-9H,2-6H2,1H3. The number of hydrogen-bond acceptors (Lipinski definition) is 2. The molecule has 1 aliphatic carbocycles. The van der Waals surface area contributed by atoms with Gasteiger partial charge in [0.15, 0.2) is 0 Å². The van der Waals surface area contributed by atoms with Crippen LogP contribution in [-0.4, -0.2) is 36.6 Å². The van der Waals surface area contributed by atoms with Gasteiger partial charge in [0.2, 0.25) is 0 Å². The van der Waals surface area contributed by atoms with E-state index < -0.39 is 0 Å². The van der Waals surface area contributed by atoms with Gasteiger partial charge in [0.1, 0.15) is 0 Å². The molecule has 0 aromatic heterocycles. The van der Waals surface area contributed by atoms with Gasteiger partial charge in [0.25, 0.3) is 0 Å². The van der Waals surface area contributed by atoms with E-state index in [0.29, 0.717) is 6.04 Å². The Hall–Kier alpha value is -0.0800. The minimum atomic E-state index is 0.717. The zero-order valence-electron chi connectivity index (χ0n) is 6.64. The third-order valence-electron chi connectivity index (χ3n) is 2.46. The summed E-state index contributed by atoms with van der Waals surface area (Å²) in [4.78, 5) is 2.63. The van der Waals surface area contributed by atoms with E-state index in [1.54, 1.807) is 0 Å². The lowest BCUT2D eigenvalue weighted by molar-refractivity contribution is 0.198. The first-order valence-electron chi connectivity index (χ1n) is 4.33. The number of hydrogen-bond donors (Lipinski definition) is 1. The highest BCUT2D eigenvalue weighted by molar-refractivity contribution is 4.88. The van der Waals surface area contributed by atoms with E-state index in [1.165, 1.54) is 32.5 Å². The molecule has 1 unspecified atom stereocenters. The molecular formula is C8H16N2. The van der Waals surface area contributed by atoms with Gasteiger partial charge < -0.3 is 5.32 Å². The maximum Gasteiger partial charge on any atom is 0.0167 e. The zero-order valence-corrected chi connectivity index (χ0v) is 6.64. The third kappa shape index (κ3) is 1.32. The molecule has 1 saturated carbocycles. The van der Waals surface area contributed by atoms with E-state index in [2.05, 4.69) is 17.1 Å². The van der Waals surface area contributed by atoms with E-state index in [9.17, 15) is 0 Å². The summed E-state index contributed by atoms with van der Waals surface area (Å²) in [6, 6.07) is 1.68. The van der Waals surface area contributed by atoms with Crippen LogP contribution in [0.2, 0.25) is 0 Å². The van der Waals surface area contributed by atoms with Gasteiger partial charge in [-0.25, -0.2) is 0 Å². The molecule has 10 heavy (non-hydrogen) atoms. The molecule has 2 rings (SSSR count). The van der Waals surface area contributed by atoms with Gasteiger partial charge >= 0.3 is 0 Å². The largest absolute Gasteiger partial charge is 0.312 e. The lowest BCUT2D eigenvalue weighted by Gasteiger charge is -2.31. The monoisotopic (exact) mass is 140 g/mol. The van der Waals surface area contributed by atoms with Crippen LogP contribution in [0.5, 0.6) is 0 Å². The van der Waals surface area contributed by atoms with Gasteiger partial charge in [-0.2, -0.15) is 0 Å². The van der Waals surface area contributed by atoms with Crippen molar-refractivity contribution in [3.05, 3.63) is 0 Å². The molecule has 2 nitrogen and oxygen atoms in total. The van der Waals surface area contributed by atoms with Gasteiger partial charge in [0, 0.05) is 31.7 Å². The van der Waals surface area contributed by atoms with Gasteiger partial charge in [-0.3, -0.25) is 4.90 Å². The highest BCUT2D eigenvalue weighted by Gasteiger charge is 2.30. The van der Waals surface area contributed by atoms with E-state index >= 15 is 0 Å². The Morgan fingerprint density at radius 1 is 1.40 bits per heavy atom. The molecule has 1 N–H and O–H groups in total. The molecule has 0 amide bonds. The van der Waals surface area contributed by atoms with E-state index in [0.717, 1.165) is 6.04 Å².